The summed E-state index contributed by atoms with van der Waals surface area (Å²) in [6, 6.07) is 1.37. The van der Waals surface area contributed by atoms with Crippen molar-refractivity contribution in [3.63, 3.8) is 0 Å². The van der Waals surface area contributed by atoms with Crippen LogP contribution in [0.15, 0.2) is 15.7 Å². The Morgan fingerprint density at radius 2 is 1.85 bits per heavy atom. The lowest BCUT2D eigenvalue weighted by Gasteiger charge is -2.34. The first-order chi connectivity index (χ1) is 12.2. The van der Waals surface area contributed by atoms with Crippen LogP contribution in [0.25, 0.3) is 0 Å². The number of piperazine rings is 1. The highest BCUT2D eigenvalue weighted by Gasteiger charge is 2.36. The van der Waals surface area contributed by atoms with Gasteiger partial charge in [-0.2, -0.15) is 13.2 Å². The maximum Gasteiger partial charge on any atom is 0.445 e. The average molecular weight is 390 g/mol. The van der Waals surface area contributed by atoms with Gasteiger partial charge in [0.05, 0.1) is 0 Å². The second kappa shape index (κ2) is 7.19. The summed E-state index contributed by atoms with van der Waals surface area (Å²) < 4.78 is 39.0. The molecule has 3 rings (SSSR count). The number of aromatic nitrogens is 4. The van der Waals surface area contributed by atoms with E-state index < -0.39 is 16.9 Å². The van der Waals surface area contributed by atoms with Gasteiger partial charge < -0.3 is 9.88 Å². The molecule has 26 heavy (non-hydrogen) atoms. The Kier molecular flexibility index (Phi) is 5.14. The zero-order valence-electron chi connectivity index (χ0n) is 13.9. The highest BCUT2D eigenvalue weighted by molar-refractivity contribution is 7.15. The molecule has 2 aromatic heterocycles. The topological polar surface area (TPSA) is 87.1 Å². The van der Waals surface area contributed by atoms with Crippen LogP contribution >= 0.6 is 11.3 Å². The van der Waals surface area contributed by atoms with Gasteiger partial charge in [-0.3, -0.25) is 14.3 Å². The van der Waals surface area contributed by atoms with Crippen LogP contribution in [0.1, 0.15) is 10.7 Å². The summed E-state index contributed by atoms with van der Waals surface area (Å²) in [6.45, 7) is 4.61. The lowest BCUT2D eigenvalue weighted by molar-refractivity contribution is -0.138. The fraction of sp³-hybridized carbons (Fsp3) is 0.571. The molecular weight excluding hydrogens is 373 g/mol. The fourth-order valence-electron chi connectivity index (χ4n) is 2.71. The second-order valence-electron chi connectivity index (χ2n) is 5.96. The molecule has 0 amide bonds. The lowest BCUT2D eigenvalue weighted by atomic mass is 10.3. The van der Waals surface area contributed by atoms with Gasteiger partial charge in [0.25, 0.3) is 5.56 Å². The number of hydrogen-bond donors (Lipinski definition) is 1. The third kappa shape index (κ3) is 4.12. The zero-order valence-corrected chi connectivity index (χ0v) is 14.7. The van der Waals surface area contributed by atoms with Crippen molar-refractivity contribution in [2.75, 3.05) is 37.6 Å². The molecule has 1 aliphatic heterocycles. The van der Waals surface area contributed by atoms with Crippen LogP contribution in [0.5, 0.6) is 0 Å². The highest BCUT2D eigenvalue weighted by Crippen LogP contribution is 2.34. The van der Waals surface area contributed by atoms with Crippen LogP contribution in [-0.4, -0.2) is 57.4 Å². The van der Waals surface area contributed by atoms with Crippen molar-refractivity contribution < 1.29 is 13.2 Å². The summed E-state index contributed by atoms with van der Waals surface area (Å²) in [6.07, 6.45) is -4.48. The number of nitrogens with one attached hydrogen (secondary N) is 1. The minimum absolute atomic E-state index is 0.253. The van der Waals surface area contributed by atoms with E-state index in [9.17, 15) is 22.8 Å². The van der Waals surface area contributed by atoms with E-state index in [0.29, 0.717) is 49.8 Å². The molecule has 2 aromatic rings. The van der Waals surface area contributed by atoms with E-state index in [1.54, 1.807) is 11.8 Å². The van der Waals surface area contributed by atoms with E-state index in [1.165, 1.54) is 6.07 Å². The quantitative estimate of drug-likeness (QED) is 0.820. The molecule has 3 heterocycles. The normalized spacial score (nSPS) is 16.2. The molecule has 0 atom stereocenters. The van der Waals surface area contributed by atoms with Gasteiger partial charge >= 0.3 is 11.9 Å². The van der Waals surface area contributed by atoms with Crippen LogP contribution in [0, 0.1) is 6.92 Å². The second-order valence-corrected chi connectivity index (χ2v) is 6.92. The minimum Gasteiger partial charge on any atom is -0.344 e. The number of alkyl halides is 3. The smallest absolute Gasteiger partial charge is 0.344 e. The maximum absolute atomic E-state index is 12.6. The Balaban J connectivity index is 1.55. The summed E-state index contributed by atoms with van der Waals surface area (Å²) in [7, 11) is 0. The Labute approximate surface area is 149 Å². The predicted molar refractivity (Wildman–Crippen MR) is 89.6 cm³/mol. The predicted octanol–water partition coefficient (Wildman–Crippen LogP) is 0.538. The molecule has 0 saturated carbocycles. The van der Waals surface area contributed by atoms with Crippen molar-refractivity contribution in [2.45, 2.75) is 19.6 Å². The molecule has 0 aromatic carbocycles. The third-order valence-electron chi connectivity index (χ3n) is 4.09. The SMILES string of the molecule is Cc1cc(=O)n(CCN2CCN(c3nnc(C(F)(F)F)s3)CC2)c(=O)[nH]1. The number of H-pyrrole nitrogens is 1. The summed E-state index contributed by atoms with van der Waals surface area (Å²) in [5.74, 6) is 0. The van der Waals surface area contributed by atoms with Gasteiger partial charge in [-0.05, 0) is 6.92 Å². The average Bonchev–Trinajstić information content (AvgIpc) is 3.04. The number of hydrogen-bond acceptors (Lipinski definition) is 7. The molecule has 1 aliphatic rings. The molecular formula is C14H17F3N6O2S. The molecule has 0 spiro atoms. The first-order valence-corrected chi connectivity index (χ1v) is 8.74. The number of aromatic amines is 1. The first kappa shape index (κ1) is 18.6. The van der Waals surface area contributed by atoms with Gasteiger partial charge in [-0.15, -0.1) is 10.2 Å². The van der Waals surface area contributed by atoms with Gasteiger partial charge in [0, 0.05) is 51.0 Å². The molecule has 12 heteroatoms. The molecule has 0 radical (unpaired) electrons. The van der Waals surface area contributed by atoms with Crippen molar-refractivity contribution in [3.05, 3.63) is 37.6 Å². The standard InChI is InChI=1S/C14H17F3N6O2S/c1-9-8-10(24)23(12(25)18-9)7-4-21-2-5-22(6-3-21)13-20-19-11(26-13)14(15,16)17/h8H,2-7H2,1H3,(H,18,25). The van der Waals surface area contributed by atoms with Crippen molar-refractivity contribution in [1.29, 1.82) is 0 Å². The number of aryl methyl sites for hydroxylation is 1. The molecule has 8 nitrogen and oxygen atoms in total. The van der Waals surface area contributed by atoms with E-state index in [2.05, 4.69) is 15.2 Å². The number of anilines is 1. The van der Waals surface area contributed by atoms with Crippen LogP contribution in [0.4, 0.5) is 18.3 Å². The third-order valence-corrected chi connectivity index (χ3v) is 5.12. The van der Waals surface area contributed by atoms with Gasteiger partial charge in [-0.1, -0.05) is 11.3 Å². The molecule has 0 aliphatic carbocycles. The van der Waals surface area contributed by atoms with Gasteiger partial charge in [0.15, 0.2) is 0 Å². The van der Waals surface area contributed by atoms with Crippen molar-refractivity contribution in [3.8, 4) is 0 Å². The first-order valence-electron chi connectivity index (χ1n) is 7.93. The van der Waals surface area contributed by atoms with Crippen molar-refractivity contribution in [1.82, 2.24) is 24.6 Å². The van der Waals surface area contributed by atoms with E-state index in [4.69, 9.17) is 0 Å². The zero-order chi connectivity index (χ0) is 18.9. The number of nitrogens with zero attached hydrogens (tertiary/aromatic N) is 5. The Morgan fingerprint density at radius 3 is 2.42 bits per heavy atom. The van der Waals surface area contributed by atoms with Crippen LogP contribution in [0.2, 0.25) is 0 Å². The largest absolute Gasteiger partial charge is 0.445 e. The lowest BCUT2D eigenvalue weighted by Crippen LogP contribution is -2.48. The summed E-state index contributed by atoms with van der Waals surface area (Å²) in [5.41, 5.74) is -0.277. The van der Waals surface area contributed by atoms with Gasteiger partial charge in [0.2, 0.25) is 10.1 Å². The van der Waals surface area contributed by atoms with E-state index >= 15 is 0 Å². The number of rotatable bonds is 4. The molecule has 1 saturated heterocycles. The van der Waals surface area contributed by atoms with Crippen LogP contribution < -0.4 is 16.1 Å². The van der Waals surface area contributed by atoms with Gasteiger partial charge in [-0.25, -0.2) is 4.79 Å². The number of halogens is 3. The fourth-order valence-corrected chi connectivity index (χ4v) is 3.47. The summed E-state index contributed by atoms with van der Waals surface area (Å²) in [5, 5.41) is 6.12. The van der Waals surface area contributed by atoms with Crippen molar-refractivity contribution in [2.24, 2.45) is 0 Å². The van der Waals surface area contributed by atoms with E-state index in [-0.39, 0.29) is 17.2 Å². The van der Waals surface area contributed by atoms with Crippen LogP contribution in [-0.2, 0) is 12.7 Å². The Morgan fingerprint density at radius 1 is 1.15 bits per heavy atom. The summed E-state index contributed by atoms with van der Waals surface area (Å²) in [4.78, 5) is 30.1. The highest BCUT2D eigenvalue weighted by atomic mass is 32.1. The van der Waals surface area contributed by atoms with Crippen LogP contribution in [0.3, 0.4) is 0 Å². The van der Waals surface area contributed by atoms with Gasteiger partial charge in [0.1, 0.15) is 0 Å². The monoisotopic (exact) mass is 390 g/mol. The molecule has 1 fully saturated rings. The Bertz CT molecular complexity index is 851. The molecule has 0 unspecified atom stereocenters. The Hall–Kier alpha value is -2.21. The van der Waals surface area contributed by atoms with E-state index in [0.717, 1.165) is 4.57 Å². The van der Waals surface area contributed by atoms with Crippen molar-refractivity contribution >= 4 is 16.5 Å². The van der Waals surface area contributed by atoms with E-state index in [1.807, 2.05) is 4.90 Å². The maximum atomic E-state index is 12.6. The minimum atomic E-state index is -4.48. The summed E-state index contributed by atoms with van der Waals surface area (Å²) >= 11 is 0.532. The molecule has 142 valence electrons. The molecule has 1 N–H and O–H groups in total. The molecule has 0 bridgehead atoms.